The van der Waals surface area contributed by atoms with E-state index < -0.39 is 224 Å². The summed E-state index contributed by atoms with van der Waals surface area (Å²) in [4.78, 5) is 163. The van der Waals surface area contributed by atoms with Crippen LogP contribution in [0.1, 0.15) is 285 Å². The minimum Gasteiger partial charge on any atom is -0.480 e. The number of carboxylic acids is 3. The van der Waals surface area contributed by atoms with Crippen LogP contribution in [0.2, 0.25) is 0 Å². The molecule has 18 N–H and O–H groups in total. The number of amides is 7. The number of aliphatic hydroxyl groups is 4. The highest BCUT2D eigenvalue weighted by atomic mass is 31.3. The lowest BCUT2D eigenvalue weighted by atomic mass is 9.94. The number of nitrogens with one attached hydrogen (secondary N) is 7. The summed E-state index contributed by atoms with van der Waals surface area (Å²) < 4.78 is 71.2. The zero-order chi connectivity index (χ0) is 103. The van der Waals surface area contributed by atoms with Crippen LogP contribution in [0.25, 0.3) is 0 Å². The Balaban J connectivity index is 2.14. The molecule has 0 aliphatic carbocycles. The van der Waals surface area contributed by atoms with E-state index in [9.17, 15) is 107 Å². The summed E-state index contributed by atoms with van der Waals surface area (Å²) in [5.74, 6) is -13.2. The van der Waals surface area contributed by atoms with Gasteiger partial charge in [0.15, 0.2) is 18.7 Å². The Morgan fingerprint density at radius 2 is 0.781 bits per heavy atom. The van der Waals surface area contributed by atoms with E-state index in [0.29, 0.717) is 18.4 Å². The van der Waals surface area contributed by atoms with Gasteiger partial charge >= 0.3 is 39.5 Å². The fraction of sp³-hybridized carbons (Fsp3) is 0.660. The molecule has 2 heterocycles. The number of hydrogen-bond acceptors (Lipinski definition) is 26. The zero-order valence-corrected chi connectivity index (χ0v) is 85.0. The first-order valence-electron chi connectivity index (χ1n) is 47.0. The van der Waals surface area contributed by atoms with Crippen molar-refractivity contribution in [1.29, 1.82) is 0 Å². The van der Waals surface area contributed by atoms with Gasteiger partial charge in [0.05, 0.1) is 26.4 Å². The molecule has 2 aliphatic rings. The molecule has 0 spiro atoms. The van der Waals surface area contributed by atoms with Crippen molar-refractivity contribution >= 4 is 80.9 Å². The maximum absolute atomic E-state index is 14.2. The number of aliphatic carboxylic acids is 3. The van der Waals surface area contributed by atoms with Crippen LogP contribution in [-0.2, 0) is 98.9 Å². The van der Waals surface area contributed by atoms with Crippen LogP contribution in [0.3, 0.4) is 0 Å². The molecule has 2 aliphatic heterocycles. The van der Waals surface area contributed by atoms with Gasteiger partial charge < -0.3 is 112 Å². The second-order valence-corrected chi connectivity index (χ2v) is 38.8. The van der Waals surface area contributed by atoms with Crippen molar-refractivity contribution in [2.75, 3.05) is 26.4 Å². The third-order valence-corrected chi connectivity index (χ3v) is 25.4. The van der Waals surface area contributed by atoms with Crippen LogP contribution in [-0.4, -0.2) is 241 Å². The van der Waals surface area contributed by atoms with E-state index in [-0.39, 0.29) is 19.3 Å². The topological polar surface area (TPSA) is 588 Å². The second-order valence-electron chi connectivity index (χ2n) is 35.9. The van der Waals surface area contributed by atoms with E-state index in [1.165, 1.54) is 56.2 Å². The highest BCUT2D eigenvalue weighted by Crippen LogP contribution is 2.61. The van der Waals surface area contributed by atoms with Crippen LogP contribution < -0.4 is 43.0 Å². The number of phosphoric ester groups is 2. The number of carbonyl (C=O) groups is 11. The van der Waals surface area contributed by atoms with Crippen LogP contribution in [0.5, 0.6) is 0 Å². The monoisotopic (exact) mass is 1980 g/mol. The van der Waals surface area contributed by atoms with Crippen LogP contribution >= 0.6 is 15.6 Å². The smallest absolute Gasteiger partial charge is 0.480 e. The van der Waals surface area contributed by atoms with Crippen molar-refractivity contribution in [3.63, 3.8) is 0 Å². The first-order valence-corrected chi connectivity index (χ1v) is 50.0. The number of allylic oxidation sites excluding steroid dienone is 21. The summed E-state index contributed by atoms with van der Waals surface area (Å²) in [6.07, 6.45) is 22.9. The molecule has 3 unspecified atom stereocenters. The Hall–Kier alpha value is -8.79. The van der Waals surface area contributed by atoms with Crippen LogP contribution in [0.15, 0.2) is 128 Å². The van der Waals surface area contributed by atoms with Crippen molar-refractivity contribution in [1.82, 2.24) is 37.2 Å². The largest absolute Gasteiger partial charge is 0.483 e. The number of phosphoric acid groups is 2. The summed E-state index contributed by atoms with van der Waals surface area (Å²) in [5, 5.41) is 88.0. The number of esters is 1. The molecule has 137 heavy (non-hydrogen) atoms. The molecule has 0 aromatic carbocycles. The van der Waals surface area contributed by atoms with Gasteiger partial charge in [0.25, 0.3) is 0 Å². The summed E-state index contributed by atoms with van der Waals surface area (Å²) in [6, 6.07) is -12.1. The number of rotatable bonds is 66. The van der Waals surface area contributed by atoms with Gasteiger partial charge in [-0.15, -0.1) is 0 Å². The minimum absolute atomic E-state index is 0.202. The van der Waals surface area contributed by atoms with Crippen molar-refractivity contribution in [2.45, 2.75) is 389 Å². The number of hydrogen-bond donors (Lipinski definition) is 17. The summed E-state index contributed by atoms with van der Waals surface area (Å²) in [6.45, 7) is 28.7. The third-order valence-electron chi connectivity index (χ3n) is 22.8. The van der Waals surface area contributed by atoms with E-state index in [1.54, 1.807) is 6.92 Å². The number of carbonyl (C=O) groups excluding carboxylic acids is 8. The lowest BCUT2D eigenvalue weighted by Gasteiger charge is -2.49. The molecule has 0 bridgehead atoms. The molecular formula is C97H158N8O30P2. The first-order chi connectivity index (χ1) is 64.3. The molecule has 2 fully saturated rings. The molecular weight excluding hydrogens is 1820 g/mol. The Labute approximate surface area is 807 Å². The Morgan fingerprint density at radius 1 is 0.401 bits per heavy atom. The average molecular weight is 1980 g/mol. The van der Waals surface area contributed by atoms with Crippen molar-refractivity contribution in [3.8, 4) is 0 Å². The fourth-order valence-electron chi connectivity index (χ4n) is 14.5. The second kappa shape index (κ2) is 66.0. The number of aliphatic hydroxyl groups excluding tert-OH is 4. The number of nitrogens with two attached hydrogens (primary N) is 1. The van der Waals surface area contributed by atoms with Gasteiger partial charge in [0, 0.05) is 20.3 Å². The van der Waals surface area contributed by atoms with Crippen LogP contribution in [0, 0.1) is 0 Å². The summed E-state index contributed by atoms with van der Waals surface area (Å²) in [5.41, 5.74) is 20.0. The lowest BCUT2D eigenvalue weighted by Crippen LogP contribution is -2.70. The molecule has 0 aromatic heterocycles. The Kier molecular flexibility index (Phi) is 59.9. The molecule has 7 amide bonds. The molecule has 2 saturated heterocycles. The third kappa shape index (κ3) is 52.9. The standard InChI is InChI=1S/C97H158N8O30P2/c1-59(2)30-19-31-60(3)32-20-33-61(4)34-21-35-62(5)36-22-37-63(6)38-23-39-64(7)40-24-41-65(8)42-25-43-66(9)44-26-45-67(10)46-27-47-68(11)48-28-49-69(12)54-55-128-136(124,125)135-137(126,127)134-97-84(102-75(18)109)88(87(80(58-107)132-97)133-96-83(101-74(17)108)86(113)85(112)79(57-106)131-96)129-72(15)90(115)99-70(13)89(114)105-78(94(121)122)52-53-81(110)103-76(50-29-51-77(93(119)120)104-82(111)56-98)91(116)100-71(14)95(123)130-73(16)92(117)118/h30,32,34,36,38,40,42,44,46,48,54,70-73,76-80,83-88,96-97,106-107,112-113H,19-29,31,33,35,37,39,41,43,45,47,49-53,55-58,98H2,1-18H3,(H,99,115)(H,100,116)(H,101,108)(H,102,109)(H,103,110)(H,104,111)(H,105,114)(H,117,118)(H,119,120)(H,121,122)(H,124,125)(H,126,127)/b60-32+,61-34+,62-36-,63-38-,64-40-,65-42-,66-44-,67-46-,68-48-,69-54-/t70-,71+,72+,73+,76-,77-,78+,79+,80+,83+,84+,85+,86+,87+,88+,96?,97+/m0/s1. The van der Waals surface area contributed by atoms with E-state index in [4.69, 9.17) is 38.5 Å². The predicted molar refractivity (Wildman–Crippen MR) is 517 cm³/mol. The quantitative estimate of drug-likeness (QED) is 0.0153. The average Bonchev–Trinajstić information content (AvgIpc) is 0.763. The molecule has 19 atom stereocenters. The fourth-order valence-corrected chi connectivity index (χ4v) is 16.6. The van der Waals surface area contributed by atoms with Gasteiger partial charge in [-0.2, -0.15) is 4.31 Å². The number of carboxylic acid groups (broad SMARTS) is 3. The van der Waals surface area contributed by atoms with Gasteiger partial charge in [0.1, 0.15) is 85.0 Å². The Morgan fingerprint density at radius 3 is 1.18 bits per heavy atom. The lowest BCUT2D eigenvalue weighted by molar-refractivity contribution is -0.331. The van der Waals surface area contributed by atoms with Crippen molar-refractivity contribution in [2.24, 2.45) is 5.73 Å². The molecule has 2 rings (SSSR count). The summed E-state index contributed by atoms with van der Waals surface area (Å²) in [7, 11) is -11.6. The van der Waals surface area contributed by atoms with Gasteiger partial charge in [-0.1, -0.05) is 128 Å². The molecule has 0 radical (unpaired) electrons. The minimum atomic E-state index is -5.99. The van der Waals surface area contributed by atoms with E-state index in [2.05, 4.69) is 172 Å². The molecule has 776 valence electrons. The maximum atomic E-state index is 14.2. The van der Waals surface area contributed by atoms with E-state index >= 15 is 0 Å². The van der Waals surface area contributed by atoms with Gasteiger partial charge in [-0.05, 0) is 265 Å². The first kappa shape index (κ1) is 124. The summed E-state index contributed by atoms with van der Waals surface area (Å²) >= 11 is 0. The molecule has 40 heteroatoms. The van der Waals surface area contributed by atoms with Crippen LogP contribution in [0.4, 0.5) is 0 Å². The molecule has 38 nitrogen and oxygen atoms in total. The Bertz CT molecular complexity index is 4380. The highest BCUT2D eigenvalue weighted by Gasteiger charge is 2.56. The van der Waals surface area contributed by atoms with Gasteiger partial charge in [0.2, 0.25) is 41.4 Å². The van der Waals surface area contributed by atoms with Crippen molar-refractivity contribution in [3.05, 3.63) is 128 Å². The number of ether oxygens (including phenoxy) is 5. The van der Waals surface area contributed by atoms with E-state index in [0.717, 1.165) is 163 Å². The zero-order valence-electron chi connectivity index (χ0n) is 83.2. The molecule has 0 aromatic rings. The van der Waals surface area contributed by atoms with Gasteiger partial charge in [-0.3, -0.25) is 42.6 Å². The predicted octanol–water partition coefficient (Wildman–Crippen LogP) is 11.4. The van der Waals surface area contributed by atoms with E-state index in [1.807, 2.05) is 6.92 Å². The van der Waals surface area contributed by atoms with Gasteiger partial charge in [-0.25, -0.2) is 28.3 Å². The molecule has 0 saturated carbocycles. The highest BCUT2D eigenvalue weighted by molar-refractivity contribution is 7.61. The normalized spacial score (nSPS) is 22.1. The van der Waals surface area contributed by atoms with Crippen molar-refractivity contribution < 1.29 is 144 Å². The SMILES string of the molecule is CC(=O)N[C@H]1[C@@H](OP(=O)(O)OP(=O)(O)OC/C=C(/C)CC/C=C(/C)CC/C=C(/C)CC/C=C(/C)CC/C=C(/C)CC/C=C(/C)CC/C=C(/C)CC/C=C(/C)CC/C=C(\C)CC/C=C(\C)CCC=C(C)C)O[C@H](CO)[C@@H](OC2O[C@H](CO)[C@@H](O)[C@H](O)[C@H]2NC(C)=O)[C@@H]1O[C@H](C)C(=O)N[C@@H](C)C(=O)N[C@H](CCC(=O)N[C@@H](CCC[C@H](NC(=O)CN)C(=O)O)C(=O)N[C@H](C)C(=O)O[C@H](C)C(=O)O)C(=O)O. The maximum Gasteiger partial charge on any atom is 0.483 e.